The number of aryl methyl sites for hydroxylation is 1. The molecular weight excluding hydrogens is 469 g/mol. The SMILES string of the molecule is Cc1cc(NS(=O)(=O)c2ccc(OCC3C(c4ccc(F)cc4)=CCCC3N)c(Cl)c2)no1. The van der Waals surface area contributed by atoms with E-state index in [4.69, 9.17) is 26.6 Å². The summed E-state index contributed by atoms with van der Waals surface area (Å²) in [6.45, 7) is 1.90. The van der Waals surface area contributed by atoms with Crippen LogP contribution in [0.25, 0.3) is 5.57 Å². The van der Waals surface area contributed by atoms with Gasteiger partial charge in [-0.25, -0.2) is 12.8 Å². The average Bonchev–Trinajstić information content (AvgIpc) is 3.18. The fraction of sp³-hybridized carbons (Fsp3) is 0.261. The van der Waals surface area contributed by atoms with Gasteiger partial charge in [-0.15, -0.1) is 0 Å². The maximum absolute atomic E-state index is 13.3. The van der Waals surface area contributed by atoms with E-state index in [-0.39, 0.29) is 40.1 Å². The summed E-state index contributed by atoms with van der Waals surface area (Å²) in [4.78, 5) is -0.0400. The van der Waals surface area contributed by atoms with E-state index in [1.54, 1.807) is 19.1 Å². The molecule has 33 heavy (non-hydrogen) atoms. The van der Waals surface area contributed by atoms with E-state index in [2.05, 4.69) is 16.0 Å². The van der Waals surface area contributed by atoms with E-state index in [0.29, 0.717) is 11.5 Å². The second-order valence-electron chi connectivity index (χ2n) is 7.85. The number of hydrogen-bond acceptors (Lipinski definition) is 6. The van der Waals surface area contributed by atoms with Gasteiger partial charge in [0.2, 0.25) is 0 Å². The van der Waals surface area contributed by atoms with Crippen molar-refractivity contribution in [3.05, 3.63) is 76.8 Å². The number of nitrogens with one attached hydrogen (secondary N) is 1. The number of aromatic nitrogens is 1. The van der Waals surface area contributed by atoms with Crippen LogP contribution < -0.4 is 15.2 Å². The van der Waals surface area contributed by atoms with Crippen molar-refractivity contribution in [2.24, 2.45) is 11.7 Å². The first-order chi connectivity index (χ1) is 15.7. The highest BCUT2D eigenvalue weighted by Crippen LogP contribution is 2.34. The Morgan fingerprint density at radius 1 is 1.24 bits per heavy atom. The molecule has 0 radical (unpaired) electrons. The Kier molecular flexibility index (Phi) is 6.73. The Bertz CT molecular complexity index is 1280. The summed E-state index contributed by atoms with van der Waals surface area (Å²) < 4.78 is 51.7. The Balaban J connectivity index is 1.49. The number of nitrogens with zero attached hydrogens (tertiary/aromatic N) is 1. The Morgan fingerprint density at radius 2 is 2.00 bits per heavy atom. The van der Waals surface area contributed by atoms with Crippen LogP contribution in [0.2, 0.25) is 5.02 Å². The lowest BCUT2D eigenvalue weighted by Crippen LogP contribution is -2.36. The molecule has 0 amide bonds. The van der Waals surface area contributed by atoms with E-state index in [0.717, 1.165) is 24.0 Å². The first kappa shape index (κ1) is 23.3. The molecule has 1 aliphatic rings. The molecule has 0 bridgehead atoms. The molecule has 1 aromatic heterocycles. The summed E-state index contributed by atoms with van der Waals surface area (Å²) >= 11 is 6.33. The molecule has 0 saturated heterocycles. The van der Waals surface area contributed by atoms with E-state index in [1.165, 1.54) is 36.4 Å². The van der Waals surface area contributed by atoms with E-state index in [1.807, 2.05) is 0 Å². The molecule has 10 heteroatoms. The zero-order valence-corrected chi connectivity index (χ0v) is 19.4. The summed E-state index contributed by atoms with van der Waals surface area (Å²) in [5.74, 6) is 0.465. The predicted molar refractivity (Wildman–Crippen MR) is 124 cm³/mol. The van der Waals surface area contributed by atoms with E-state index < -0.39 is 10.0 Å². The van der Waals surface area contributed by atoms with Crippen LogP contribution in [0, 0.1) is 18.7 Å². The summed E-state index contributed by atoms with van der Waals surface area (Å²) in [6, 6.07) is 11.8. The third-order valence-corrected chi connectivity index (χ3v) is 7.10. The highest BCUT2D eigenvalue weighted by atomic mass is 35.5. The normalized spacial score (nSPS) is 18.6. The molecule has 0 fully saturated rings. The number of ether oxygens (including phenoxy) is 1. The van der Waals surface area contributed by atoms with Crippen LogP contribution in [0.1, 0.15) is 24.2 Å². The molecule has 2 aromatic carbocycles. The number of sulfonamides is 1. The molecule has 1 aliphatic carbocycles. The van der Waals surface area contributed by atoms with Crippen molar-refractivity contribution >= 4 is 33.0 Å². The van der Waals surface area contributed by atoms with Gasteiger partial charge in [0.05, 0.1) is 16.5 Å². The van der Waals surface area contributed by atoms with Gasteiger partial charge in [-0.2, -0.15) is 0 Å². The number of halogens is 2. The number of hydrogen-bond donors (Lipinski definition) is 2. The molecule has 3 N–H and O–H groups in total. The van der Waals surface area contributed by atoms with E-state index >= 15 is 0 Å². The molecule has 4 rings (SSSR count). The summed E-state index contributed by atoms with van der Waals surface area (Å²) in [5.41, 5.74) is 8.25. The van der Waals surface area contributed by atoms with Crippen molar-refractivity contribution in [3.63, 3.8) is 0 Å². The van der Waals surface area contributed by atoms with Crippen LogP contribution in [0.5, 0.6) is 5.75 Å². The predicted octanol–water partition coefficient (Wildman–Crippen LogP) is 4.78. The minimum atomic E-state index is -3.90. The molecule has 3 aromatic rings. The molecule has 174 valence electrons. The van der Waals surface area contributed by atoms with Gasteiger partial charge in [0.25, 0.3) is 10.0 Å². The lowest BCUT2D eigenvalue weighted by molar-refractivity contribution is 0.253. The van der Waals surface area contributed by atoms with Crippen molar-refractivity contribution in [2.75, 3.05) is 11.3 Å². The molecule has 2 unspecified atom stereocenters. The summed E-state index contributed by atoms with van der Waals surface area (Å²) in [7, 11) is -3.90. The summed E-state index contributed by atoms with van der Waals surface area (Å²) in [6.07, 6.45) is 3.73. The standard InChI is InChI=1S/C23H23ClFN3O4S/c1-14-11-23(27-32-14)28-33(29,30)17-9-10-22(20(24)12-17)31-13-19-18(3-2-4-21(19)26)15-5-7-16(25)8-6-15/h3,5-12,19,21H,2,4,13,26H2,1H3,(H,27,28). The largest absolute Gasteiger partial charge is 0.491 e. The lowest BCUT2D eigenvalue weighted by atomic mass is 9.81. The maximum Gasteiger partial charge on any atom is 0.263 e. The molecule has 0 aliphatic heterocycles. The van der Waals surface area contributed by atoms with Gasteiger partial charge in [0.15, 0.2) is 5.82 Å². The topological polar surface area (TPSA) is 107 Å². The number of anilines is 1. The van der Waals surface area contributed by atoms with Gasteiger partial charge in [-0.3, -0.25) is 4.72 Å². The smallest absolute Gasteiger partial charge is 0.263 e. The molecule has 2 atom stereocenters. The Labute approximate surface area is 196 Å². The second-order valence-corrected chi connectivity index (χ2v) is 9.94. The zero-order chi connectivity index (χ0) is 23.6. The fourth-order valence-corrected chi connectivity index (χ4v) is 5.07. The molecule has 0 spiro atoms. The minimum Gasteiger partial charge on any atom is -0.491 e. The first-order valence-corrected chi connectivity index (χ1v) is 12.2. The van der Waals surface area contributed by atoms with Crippen molar-refractivity contribution in [2.45, 2.75) is 30.7 Å². The van der Waals surface area contributed by atoms with Crippen LogP contribution >= 0.6 is 11.6 Å². The van der Waals surface area contributed by atoms with Gasteiger partial charge >= 0.3 is 0 Å². The molecular formula is C23H23ClFN3O4S. The molecule has 0 saturated carbocycles. The second kappa shape index (κ2) is 9.54. The van der Waals surface area contributed by atoms with Crippen molar-refractivity contribution in [3.8, 4) is 5.75 Å². The molecule has 7 nitrogen and oxygen atoms in total. The highest BCUT2D eigenvalue weighted by molar-refractivity contribution is 7.92. The van der Waals surface area contributed by atoms with Crippen LogP contribution in [0.15, 0.2) is 64.0 Å². The van der Waals surface area contributed by atoms with Gasteiger partial charge in [-0.1, -0.05) is 35.0 Å². The number of allylic oxidation sites excluding steroid dienone is 1. The fourth-order valence-electron chi connectivity index (χ4n) is 3.76. The van der Waals surface area contributed by atoms with Gasteiger partial charge < -0.3 is 15.0 Å². The van der Waals surface area contributed by atoms with Crippen LogP contribution in [0.4, 0.5) is 10.2 Å². The third kappa shape index (κ3) is 5.38. The summed E-state index contributed by atoms with van der Waals surface area (Å²) in [5, 5.41) is 3.78. The van der Waals surface area contributed by atoms with Gasteiger partial charge in [-0.05, 0) is 61.2 Å². The first-order valence-electron chi connectivity index (χ1n) is 10.3. The maximum atomic E-state index is 13.3. The van der Waals surface area contributed by atoms with Gasteiger partial charge in [0.1, 0.15) is 17.3 Å². The van der Waals surface area contributed by atoms with E-state index in [9.17, 15) is 12.8 Å². The highest BCUT2D eigenvalue weighted by Gasteiger charge is 2.27. The monoisotopic (exact) mass is 491 g/mol. The lowest BCUT2D eigenvalue weighted by Gasteiger charge is -2.30. The van der Waals surface area contributed by atoms with Crippen LogP contribution in [-0.4, -0.2) is 26.2 Å². The number of benzene rings is 2. The van der Waals surface area contributed by atoms with Crippen LogP contribution in [0.3, 0.4) is 0 Å². The molecule has 1 heterocycles. The van der Waals surface area contributed by atoms with Crippen molar-refractivity contribution < 1.29 is 22.1 Å². The quantitative estimate of drug-likeness (QED) is 0.492. The third-order valence-electron chi connectivity index (χ3n) is 5.46. The number of rotatable bonds is 7. The Morgan fingerprint density at radius 3 is 2.67 bits per heavy atom. The average molecular weight is 492 g/mol. The van der Waals surface area contributed by atoms with Crippen molar-refractivity contribution in [1.82, 2.24) is 5.16 Å². The number of nitrogens with two attached hydrogens (primary N) is 1. The minimum absolute atomic E-state index is 0.0400. The van der Waals surface area contributed by atoms with Crippen LogP contribution in [-0.2, 0) is 10.0 Å². The van der Waals surface area contributed by atoms with Crippen molar-refractivity contribution in [1.29, 1.82) is 0 Å². The van der Waals surface area contributed by atoms with Gasteiger partial charge in [0, 0.05) is 18.0 Å². The zero-order valence-electron chi connectivity index (χ0n) is 17.8. The Hall–Kier alpha value is -2.88.